The Balaban J connectivity index is 1.81. The summed E-state index contributed by atoms with van der Waals surface area (Å²) in [5, 5.41) is 14.8. The van der Waals surface area contributed by atoms with Crippen LogP contribution in [0.1, 0.15) is 12.0 Å². The molecular formula is C21H18F3N3O2. The maximum Gasteiger partial charge on any atom is 0.416 e. The summed E-state index contributed by atoms with van der Waals surface area (Å²) < 4.78 is 38.2. The minimum atomic E-state index is -4.38. The number of alkyl halides is 3. The van der Waals surface area contributed by atoms with E-state index in [1.807, 2.05) is 24.3 Å². The van der Waals surface area contributed by atoms with Crippen LogP contribution in [0.15, 0.2) is 66.9 Å². The Labute approximate surface area is 165 Å². The Hall–Kier alpha value is -3.55. The van der Waals surface area contributed by atoms with Crippen molar-refractivity contribution in [2.75, 3.05) is 17.2 Å². The lowest BCUT2D eigenvalue weighted by atomic mass is 10.0. The van der Waals surface area contributed by atoms with Crippen molar-refractivity contribution in [3.8, 4) is 11.1 Å². The molecule has 3 rings (SSSR count). The molecule has 2 aromatic carbocycles. The number of aromatic nitrogens is 1. The van der Waals surface area contributed by atoms with Gasteiger partial charge in [-0.1, -0.05) is 18.2 Å². The molecule has 150 valence electrons. The first-order valence-corrected chi connectivity index (χ1v) is 8.78. The number of carbonyl (C=O) groups is 1. The summed E-state index contributed by atoms with van der Waals surface area (Å²) in [5.41, 5.74) is 2.20. The predicted octanol–water partition coefficient (Wildman–Crippen LogP) is 5.40. The van der Waals surface area contributed by atoms with Gasteiger partial charge in [-0.25, -0.2) is 4.98 Å². The van der Waals surface area contributed by atoms with E-state index in [4.69, 9.17) is 5.11 Å². The Morgan fingerprint density at radius 1 is 1.03 bits per heavy atom. The Bertz CT molecular complexity index is 989. The quantitative estimate of drug-likeness (QED) is 0.494. The van der Waals surface area contributed by atoms with Crippen LogP contribution in [-0.2, 0) is 11.0 Å². The number of nitrogens with zero attached hydrogens (tertiary/aromatic N) is 1. The molecule has 0 fully saturated rings. The van der Waals surface area contributed by atoms with Gasteiger partial charge in [0, 0.05) is 29.7 Å². The molecule has 3 aromatic rings. The fraction of sp³-hybridized carbons (Fsp3) is 0.143. The summed E-state index contributed by atoms with van der Waals surface area (Å²) in [6.07, 6.45) is -2.80. The number of hydrogen-bond donors (Lipinski definition) is 3. The number of hydrogen-bond acceptors (Lipinski definition) is 4. The molecule has 0 atom stereocenters. The first-order chi connectivity index (χ1) is 13.8. The molecule has 0 aliphatic carbocycles. The van der Waals surface area contributed by atoms with Crippen LogP contribution in [0, 0.1) is 0 Å². The summed E-state index contributed by atoms with van der Waals surface area (Å²) >= 11 is 0. The molecule has 29 heavy (non-hydrogen) atoms. The van der Waals surface area contributed by atoms with Crippen LogP contribution in [0.25, 0.3) is 11.1 Å². The molecular weight excluding hydrogens is 383 g/mol. The van der Waals surface area contributed by atoms with Crippen molar-refractivity contribution in [2.24, 2.45) is 0 Å². The zero-order chi connectivity index (χ0) is 20.9. The molecule has 0 amide bonds. The van der Waals surface area contributed by atoms with E-state index in [2.05, 4.69) is 15.6 Å². The standard InChI is InChI=1S/C21H18F3N3O2/c22-21(23,24)15-5-7-16(8-6-15)27-18-4-2-1-3-17(18)14-9-11-25-19(13-14)26-12-10-20(28)29/h1-9,11,13,27H,10,12H2,(H,25,26)(H,28,29). The van der Waals surface area contributed by atoms with Gasteiger partial charge in [0.15, 0.2) is 0 Å². The van der Waals surface area contributed by atoms with Crippen molar-refractivity contribution in [3.63, 3.8) is 0 Å². The molecule has 0 saturated heterocycles. The largest absolute Gasteiger partial charge is 0.481 e. The number of benzene rings is 2. The third-order valence-corrected chi connectivity index (χ3v) is 4.13. The van der Waals surface area contributed by atoms with Crippen LogP contribution in [0.3, 0.4) is 0 Å². The van der Waals surface area contributed by atoms with Crippen molar-refractivity contribution < 1.29 is 23.1 Å². The smallest absolute Gasteiger partial charge is 0.416 e. The highest BCUT2D eigenvalue weighted by Crippen LogP contribution is 2.33. The first-order valence-electron chi connectivity index (χ1n) is 8.78. The lowest BCUT2D eigenvalue weighted by Gasteiger charge is -2.14. The third-order valence-electron chi connectivity index (χ3n) is 4.13. The fourth-order valence-corrected chi connectivity index (χ4v) is 2.73. The van der Waals surface area contributed by atoms with E-state index < -0.39 is 17.7 Å². The molecule has 1 heterocycles. The predicted molar refractivity (Wildman–Crippen MR) is 105 cm³/mol. The molecule has 0 spiro atoms. The van der Waals surface area contributed by atoms with E-state index in [0.29, 0.717) is 11.5 Å². The number of halogens is 3. The van der Waals surface area contributed by atoms with Crippen LogP contribution >= 0.6 is 0 Å². The molecule has 0 bridgehead atoms. The number of nitrogens with one attached hydrogen (secondary N) is 2. The van der Waals surface area contributed by atoms with E-state index in [-0.39, 0.29) is 13.0 Å². The highest BCUT2D eigenvalue weighted by molar-refractivity contribution is 5.82. The van der Waals surface area contributed by atoms with E-state index in [0.717, 1.165) is 28.9 Å². The number of carboxylic acids is 1. The van der Waals surface area contributed by atoms with Gasteiger partial charge in [0.2, 0.25) is 0 Å². The van der Waals surface area contributed by atoms with Crippen molar-refractivity contribution >= 4 is 23.2 Å². The van der Waals surface area contributed by atoms with Crippen molar-refractivity contribution in [3.05, 3.63) is 72.4 Å². The number of rotatable bonds is 7. The molecule has 0 unspecified atom stereocenters. The van der Waals surface area contributed by atoms with Crippen LogP contribution in [0.4, 0.5) is 30.4 Å². The monoisotopic (exact) mass is 401 g/mol. The normalized spacial score (nSPS) is 11.1. The van der Waals surface area contributed by atoms with Gasteiger partial charge in [-0.05, 0) is 48.0 Å². The van der Waals surface area contributed by atoms with Gasteiger partial charge in [-0.3, -0.25) is 4.79 Å². The number of anilines is 3. The average molecular weight is 401 g/mol. The number of para-hydroxylation sites is 1. The van der Waals surface area contributed by atoms with Gasteiger partial charge in [0.05, 0.1) is 12.0 Å². The topological polar surface area (TPSA) is 74.2 Å². The summed E-state index contributed by atoms with van der Waals surface area (Å²) in [6.45, 7) is 0.247. The lowest BCUT2D eigenvalue weighted by Crippen LogP contribution is -2.08. The maximum atomic E-state index is 12.7. The highest BCUT2D eigenvalue weighted by atomic mass is 19.4. The summed E-state index contributed by atoms with van der Waals surface area (Å²) in [4.78, 5) is 14.8. The molecule has 0 saturated carbocycles. The van der Waals surface area contributed by atoms with Crippen molar-refractivity contribution in [2.45, 2.75) is 12.6 Å². The van der Waals surface area contributed by atoms with E-state index in [1.54, 1.807) is 18.3 Å². The number of aliphatic carboxylic acids is 1. The molecule has 8 heteroatoms. The Morgan fingerprint density at radius 3 is 2.45 bits per heavy atom. The molecule has 5 nitrogen and oxygen atoms in total. The molecule has 3 N–H and O–H groups in total. The van der Waals surface area contributed by atoms with Gasteiger partial charge in [-0.2, -0.15) is 13.2 Å². The minimum absolute atomic E-state index is 0.0298. The average Bonchev–Trinajstić information content (AvgIpc) is 2.68. The zero-order valence-electron chi connectivity index (χ0n) is 15.2. The molecule has 1 aromatic heterocycles. The number of pyridine rings is 1. The van der Waals surface area contributed by atoms with E-state index >= 15 is 0 Å². The second-order valence-electron chi connectivity index (χ2n) is 6.25. The second-order valence-corrected chi connectivity index (χ2v) is 6.25. The van der Waals surface area contributed by atoms with E-state index in [1.165, 1.54) is 12.1 Å². The SMILES string of the molecule is O=C(O)CCNc1cc(-c2ccccc2Nc2ccc(C(F)(F)F)cc2)ccn1. The van der Waals surface area contributed by atoms with E-state index in [9.17, 15) is 18.0 Å². The number of carboxylic acid groups (broad SMARTS) is 1. The summed E-state index contributed by atoms with van der Waals surface area (Å²) in [6, 6.07) is 15.8. The van der Waals surface area contributed by atoms with Crippen molar-refractivity contribution in [1.29, 1.82) is 0 Å². The fourth-order valence-electron chi connectivity index (χ4n) is 2.73. The van der Waals surface area contributed by atoms with Gasteiger partial charge in [0.25, 0.3) is 0 Å². The zero-order valence-corrected chi connectivity index (χ0v) is 15.2. The summed E-state index contributed by atoms with van der Waals surface area (Å²) in [7, 11) is 0. The minimum Gasteiger partial charge on any atom is -0.481 e. The van der Waals surface area contributed by atoms with Crippen LogP contribution in [0.5, 0.6) is 0 Å². The van der Waals surface area contributed by atoms with Crippen molar-refractivity contribution in [1.82, 2.24) is 4.98 Å². The Kier molecular flexibility index (Phi) is 6.01. The summed E-state index contributed by atoms with van der Waals surface area (Å²) in [5.74, 6) is -0.368. The van der Waals surface area contributed by atoms with Gasteiger partial charge in [-0.15, -0.1) is 0 Å². The van der Waals surface area contributed by atoms with Crippen LogP contribution < -0.4 is 10.6 Å². The lowest BCUT2D eigenvalue weighted by molar-refractivity contribution is -0.138. The second kappa shape index (κ2) is 8.64. The van der Waals surface area contributed by atoms with Gasteiger partial charge >= 0.3 is 12.1 Å². The molecule has 0 aliphatic heterocycles. The van der Waals surface area contributed by atoms with Gasteiger partial charge in [0.1, 0.15) is 5.82 Å². The third kappa shape index (κ3) is 5.47. The maximum absolute atomic E-state index is 12.7. The molecule has 0 radical (unpaired) electrons. The van der Waals surface area contributed by atoms with Crippen LogP contribution in [-0.4, -0.2) is 22.6 Å². The molecule has 0 aliphatic rings. The highest BCUT2D eigenvalue weighted by Gasteiger charge is 2.29. The van der Waals surface area contributed by atoms with Gasteiger partial charge < -0.3 is 15.7 Å². The Morgan fingerprint density at radius 2 is 1.76 bits per heavy atom. The first kappa shape index (κ1) is 20.2. The van der Waals surface area contributed by atoms with Crippen LogP contribution in [0.2, 0.25) is 0 Å².